The Balaban J connectivity index is 2.04. The van der Waals surface area contributed by atoms with Crippen LogP contribution in [0.25, 0.3) is 0 Å². The largest absolute Gasteiger partial charge is 0.340 e. The third-order valence-electron chi connectivity index (χ3n) is 3.35. The highest BCUT2D eigenvalue weighted by molar-refractivity contribution is 6.31. The van der Waals surface area contributed by atoms with Crippen molar-refractivity contribution in [1.29, 1.82) is 5.26 Å². The lowest BCUT2D eigenvalue weighted by Crippen LogP contribution is -2.34. The van der Waals surface area contributed by atoms with E-state index in [0.717, 1.165) is 0 Å². The third-order valence-corrected chi connectivity index (χ3v) is 3.58. The Hall–Kier alpha value is -3.10. The fraction of sp³-hybridized carbons (Fsp3) is 0. The Morgan fingerprint density at radius 3 is 2.61 bits per heavy atom. The average molecular weight is 324 g/mol. The van der Waals surface area contributed by atoms with Gasteiger partial charge in [-0.05, 0) is 24.3 Å². The molecule has 0 fully saturated rings. The third kappa shape index (κ3) is 2.80. The number of para-hydroxylation sites is 1. The Morgan fingerprint density at radius 1 is 1.09 bits per heavy atom. The maximum atomic E-state index is 12.5. The summed E-state index contributed by atoms with van der Waals surface area (Å²) in [6, 6.07) is 15.0. The number of nitrogens with zero attached hydrogens (tertiary/aromatic N) is 1. The van der Waals surface area contributed by atoms with E-state index in [4.69, 9.17) is 11.6 Å². The molecule has 1 heterocycles. The molecular weight excluding hydrogens is 314 g/mol. The van der Waals surface area contributed by atoms with E-state index >= 15 is 0 Å². The molecule has 0 unspecified atom stereocenters. The minimum atomic E-state index is -0.516. The van der Waals surface area contributed by atoms with E-state index in [2.05, 4.69) is 10.6 Å². The van der Waals surface area contributed by atoms with Crippen LogP contribution in [-0.4, -0.2) is 11.7 Å². The number of hydrogen-bond acceptors (Lipinski definition) is 4. The number of anilines is 1. The minimum absolute atomic E-state index is 0.0705. The maximum Gasteiger partial charge on any atom is 0.258 e. The highest BCUT2D eigenvalue weighted by Gasteiger charge is 2.25. The van der Waals surface area contributed by atoms with E-state index in [1.54, 1.807) is 42.5 Å². The number of Topliss-reactive ketones (excluding diaryl/α,β-unsaturated/α-hetero) is 1. The molecule has 0 radical (unpaired) electrons. The topological polar surface area (TPSA) is 82.0 Å². The fourth-order valence-corrected chi connectivity index (χ4v) is 2.45. The molecule has 23 heavy (non-hydrogen) atoms. The number of nitrogens with one attached hydrogen (secondary N) is 2. The van der Waals surface area contributed by atoms with Gasteiger partial charge >= 0.3 is 0 Å². The van der Waals surface area contributed by atoms with Gasteiger partial charge in [0.15, 0.2) is 0 Å². The molecule has 1 amide bonds. The van der Waals surface area contributed by atoms with Gasteiger partial charge in [-0.15, -0.1) is 0 Å². The number of carbonyl (C=O) groups is 2. The van der Waals surface area contributed by atoms with Crippen molar-refractivity contribution in [3.8, 4) is 6.07 Å². The van der Waals surface area contributed by atoms with Gasteiger partial charge < -0.3 is 10.6 Å². The van der Waals surface area contributed by atoms with Gasteiger partial charge in [-0.25, -0.2) is 0 Å². The second-order valence-corrected chi connectivity index (χ2v) is 5.26. The van der Waals surface area contributed by atoms with Crippen molar-refractivity contribution in [1.82, 2.24) is 5.32 Å². The molecule has 2 N–H and O–H groups in total. The second kappa shape index (κ2) is 5.95. The van der Waals surface area contributed by atoms with E-state index < -0.39 is 5.78 Å². The van der Waals surface area contributed by atoms with Crippen molar-refractivity contribution >= 4 is 29.0 Å². The van der Waals surface area contributed by atoms with E-state index in [-0.39, 0.29) is 22.9 Å². The van der Waals surface area contributed by atoms with Gasteiger partial charge in [0.1, 0.15) is 17.5 Å². The van der Waals surface area contributed by atoms with Gasteiger partial charge in [0.25, 0.3) is 5.91 Å². The monoisotopic (exact) mass is 323 g/mol. The first kappa shape index (κ1) is 14.8. The number of carbonyl (C=O) groups excluding carboxylic acids is 2. The molecule has 1 aliphatic rings. The Labute approximate surface area is 137 Å². The number of nitriles is 1. The normalized spacial score (nSPS) is 14.9. The number of halogens is 1. The molecule has 2 aromatic rings. The SMILES string of the molecule is N#CC(C(=O)c1cccc(Cl)c1)=C1NC(=O)c2ccccc2N1. The zero-order valence-electron chi connectivity index (χ0n) is 11.8. The average Bonchev–Trinajstić information content (AvgIpc) is 2.55. The molecule has 0 saturated heterocycles. The molecule has 0 saturated carbocycles. The molecule has 0 bridgehead atoms. The quantitative estimate of drug-likeness (QED) is 0.505. The molecule has 112 valence electrons. The number of rotatable bonds is 2. The first-order valence-electron chi connectivity index (χ1n) is 6.72. The fourth-order valence-electron chi connectivity index (χ4n) is 2.26. The van der Waals surface area contributed by atoms with Crippen LogP contribution in [0.4, 0.5) is 5.69 Å². The van der Waals surface area contributed by atoms with E-state index in [1.165, 1.54) is 6.07 Å². The summed E-state index contributed by atoms with van der Waals surface area (Å²) < 4.78 is 0. The van der Waals surface area contributed by atoms with Crippen LogP contribution in [0.5, 0.6) is 0 Å². The standard InChI is InChI=1S/C17H10ClN3O2/c18-11-5-3-4-10(8-11)15(22)13(9-19)16-20-14-7-2-1-6-12(14)17(23)21-16/h1-8,20H,(H,21,23). The van der Waals surface area contributed by atoms with E-state index in [0.29, 0.717) is 16.3 Å². The molecule has 6 heteroatoms. The molecule has 0 spiro atoms. The predicted octanol–water partition coefficient (Wildman–Crippen LogP) is 3.11. The van der Waals surface area contributed by atoms with Crippen molar-refractivity contribution in [2.45, 2.75) is 0 Å². The molecule has 1 aliphatic heterocycles. The highest BCUT2D eigenvalue weighted by Crippen LogP contribution is 2.23. The minimum Gasteiger partial charge on any atom is -0.340 e. The number of ketones is 1. The van der Waals surface area contributed by atoms with Crippen LogP contribution in [0, 0.1) is 11.3 Å². The van der Waals surface area contributed by atoms with E-state index in [1.807, 2.05) is 6.07 Å². The first-order chi connectivity index (χ1) is 11.1. The molecular formula is C17H10ClN3O2. The summed E-state index contributed by atoms with van der Waals surface area (Å²) in [4.78, 5) is 24.6. The summed E-state index contributed by atoms with van der Waals surface area (Å²) in [5.74, 6) is -0.820. The number of amides is 1. The van der Waals surface area contributed by atoms with Crippen LogP contribution < -0.4 is 10.6 Å². The van der Waals surface area contributed by atoms with Gasteiger partial charge in [0.05, 0.1) is 11.3 Å². The first-order valence-corrected chi connectivity index (χ1v) is 7.10. The molecule has 0 aliphatic carbocycles. The Bertz CT molecular complexity index is 897. The van der Waals surface area contributed by atoms with E-state index in [9.17, 15) is 14.9 Å². The van der Waals surface area contributed by atoms with Crippen molar-refractivity contribution in [3.05, 3.63) is 76.1 Å². The smallest absolute Gasteiger partial charge is 0.258 e. The lowest BCUT2D eigenvalue weighted by Gasteiger charge is -2.21. The summed E-state index contributed by atoms with van der Waals surface area (Å²) in [6.07, 6.45) is 0. The molecule has 0 aromatic heterocycles. The van der Waals surface area contributed by atoms with Crippen LogP contribution in [0.2, 0.25) is 5.02 Å². The summed E-state index contributed by atoms with van der Waals surface area (Å²) in [5.41, 5.74) is 1.08. The van der Waals surface area contributed by atoms with Gasteiger partial charge in [0.2, 0.25) is 5.78 Å². The second-order valence-electron chi connectivity index (χ2n) is 4.83. The Kier molecular flexibility index (Phi) is 3.83. The lowest BCUT2D eigenvalue weighted by atomic mass is 10.0. The summed E-state index contributed by atoms with van der Waals surface area (Å²) in [6.45, 7) is 0. The van der Waals surface area contributed by atoms with Crippen LogP contribution >= 0.6 is 11.6 Å². The molecule has 2 aromatic carbocycles. The molecule has 3 rings (SSSR count). The molecule has 5 nitrogen and oxygen atoms in total. The van der Waals surface area contributed by atoms with Crippen molar-refractivity contribution < 1.29 is 9.59 Å². The zero-order valence-corrected chi connectivity index (χ0v) is 12.5. The van der Waals surface area contributed by atoms with Crippen molar-refractivity contribution in [2.75, 3.05) is 5.32 Å². The van der Waals surface area contributed by atoms with Gasteiger partial charge in [-0.3, -0.25) is 9.59 Å². The van der Waals surface area contributed by atoms with Gasteiger partial charge in [-0.1, -0.05) is 35.9 Å². The summed E-state index contributed by atoms with van der Waals surface area (Å²) >= 11 is 5.88. The lowest BCUT2D eigenvalue weighted by molar-refractivity contribution is 0.0963. The van der Waals surface area contributed by atoms with Crippen molar-refractivity contribution in [2.24, 2.45) is 0 Å². The van der Waals surface area contributed by atoms with Crippen LogP contribution in [0.15, 0.2) is 59.9 Å². The van der Waals surface area contributed by atoms with Gasteiger partial charge in [0, 0.05) is 10.6 Å². The highest BCUT2D eigenvalue weighted by atomic mass is 35.5. The van der Waals surface area contributed by atoms with Crippen LogP contribution in [0.1, 0.15) is 20.7 Å². The number of benzene rings is 2. The Morgan fingerprint density at radius 2 is 1.87 bits per heavy atom. The summed E-state index contributed by atoms with van der Waals surface area (Å²) in [5, 5.41) is 15.2. The van der Waals surface area contributed by atoms with Gasteiger partial charge in [-0.2, -0.15) is 5.26 Å². The van der Waals surface area contributed by atoms with Crippen molar-refractivity contribution in [3.63, 3.8) is 0 Å². The predicted molar refractivity (Wildman–Crippen MR) is 86.0 cm³/mol. The van der Waals surface area contributed by atoms with Crippen LogP contribution in [0.3, 0.4) is 0 Å². The zero-order chi connectivity index (χ0) is 16.4. The maximum absolute atomic E-state index is 12.5. The number of hydrogen-bond donors (Lipinski definition) is 2. The number of fused-ring (bicyclic) bond motifs is 1. The number of allylic oxidation sites excluding steroid dienone is 1. The summed E-state index contributed by atoms with van der Waals surface area (Å²) in [7, 11) is 0. The molecule has 0 atom stereocenters. The van der Waals surface area contributed by atoms with Crippen LogP contribution in [-0.2, 0) is 0 Å².